The predicted octanol–water partition coefficient (Wildman–Crippen LogP) is -0.208. The van der Waals surface area contributed by atoms with Gasteiger partial charge in [0.1, 0.15) is 5.04 Å². The van der Waals surface area contributed by atoms with Gasteiger partial charge in [-0.05, 0) is 6.26 Å². The van der Waals surface area contributed by atoms with Gasteiger partial charge in [0, 0.05) is 0 Å². The molecule has 0 aromatic carbocycles. The van der Waals surface area contributed by atoms with Gasteiger partial charge in [-0.2, -0.15) is 4.99 Å². The molecule has 5 heteroatoms. The number of hydrogen-bond acceptors (Lipinski definition) is 5. The van der Waals surface area contributed by atoms with E-state index in [-0.39, 0.29) is 5.82 Å². The molecule has 0 fully saturated rings. The molecule has 52 valence electrons. The summed E-state index contributed by atoms with van der Waals surface area (Å²) >= 11 is 1.35. The van der Waals surface area contributed by atoms with Crippen LogP contribution in [-0.4, -0.2) is 23.1 Å². The number of thioether (sulfide) groups is 1. The largest absolute Gasteiger partial charge is 0.381 e. The lowest BCUT2D eigenvalue weighted by Gasteiger charge is -1.88. The first-order valence-corrected chi connectivity index (χ1v) is 3.72. The summed E-state index contributed by atoms with van der Waals surface area (Å²) in [5, 5.41) is 0.582. The minimum Gasteiger partial charge on any atom is -0.381 e. The number of aliphatic imine (C=N–C) groups is 2. The molecular formula is C5H5N3OS. The van der Waals surface area contributed by atoms with Gasteiger partial charge in [0.05, 0.1) is 0 Å². The van der Waals surface area contributed by atoms with Gasteiger partial charge >= 0.3 is 0 Å². The highest BCUT2D eigenvalue weighted by molar-refractivity contribution is 8.15. The fourth-order valence-corrected chi connectivity index (χ4v) is 0.969. The molecule has 2 N–H and O–H groups in total. The zero-order valence-corrected chi connectivity index (χ0v) is 6.10. The molecule has 0 aliphatic carbocycles. The topological polar surface area (TPSA) is 67.8 Å². The van der Waals surface area contributed by atoms with Gasteiger partial charge in [0.25, 0.3) is 0 Å². The van der Waals surface area contributed by atoms with E-state index in [0.717, 1.165) is 0 Å². The molecular weight excluding hydrogens is 150 g/mol. The predicted molar refractivity (Wildman–Crippen MR) is 41.8 cm³/mol. The molecule has 1 aliphatic heterocycles. The minimum atomic E-state index is 0.0295. The smallest absolute Gasteiger partial charge is 0.242 e. The van der Waals surface area contributed by atoms with Crippen LogP contribution in [-0.2, 0) is 4.79 Å². The molecule has 1 aliphatic rings. The van der Waals surface area contributed by atoms with Crippen molar-refractivity contribution in [2.75, 3.05) is 6.26 Å². The first-order chi connectivity index (χ1) is 4.77. The van der Waals surface area contributed by atoms with Crippen molar-refractivity contribution in [1.82, 2.24) is 0 Å². The summed E-state index contributed by atoms with van der Waals surface area (Å²) in [5.41, 5.74) is 5.35. The van der Waals surface area contributed by atoms with Crippen LogP contribution in [0.15, 0.2) is 15.8 Å². The van der Waals surface area contributed by atoms with Crippen LogP contribution in [0, 0.1) is 0 Å². The van der Waals surface area contributed by atoms with Crippen molar-refractivity contribution in [2.45, 2.75) is 0 Å². The van der Waals surface area contributed by atoms with Crippen molar-refractivity contribution in [1.29, 1.82) is 0 Å². The molecule has 1 rings (SSSR count). The second-order valence-corrected chi connectivity index (χ2v) is 2.34. The molecule has 0 atom stereocenters. The highest BCUT2D eigenvalue weighted by atomic mass is 32.2. The number of rotatable bonds is 0. The van der Waals surface area contributed by atoms with Crippen molar-refractivity contribution in [3.05, 3.63) is 5.82 Å². The van der Waals surface area contributed by atoms with Gasteiger partial charge in [0.15, 0.2) is 11.8 Å². The van der Waals surface area contributed by atoms with E-state index >= 15 is 0 Å². The Labute approximate surface area is 61.9 Å². The summed E-state index contributed by atoms with van der Waals surface area (Å²) < 4.78 is 0. The maximum Gasteiger partial charge on any atom is 0.242 e. The van der Waals surface area contributed by atoms with Crippen molar-refractivity contribution in [2.24, 2.45) is 15.7 Å². The molecule has 0 unspecified atom stereocenters. The van der Waals surface area contributed by atoms with E-state index in [1.54, 1.807) is 5.94 Å². The summed E-state index contributed by atoms with van der Waals surface area (Å²) in [6, 6.07) is 0. The van der Waals surface area contributed by atoms with E-state index in [1.807, 2.05) is 6.26 Å². The van der Waals surface area contributed by atoms with E-state index in [1.165, 1.54) is 11.8 Å². The Balaban J connectivity index is 3.00. The van der Waals surface area contributed by atoms with Gasteiger partial charge in [-0.15, -0.1) is 11.8 Å². The zero-order valence-electron chi connectivity index (χ0n) is 5.29. The van der Waals surface area contributed by atoms with E-state index in [0.29, 0.717) is 10.9 Å². The molecule has 0 radical (unpaired) electrons. The zero-order chi connectivity index (χ0) is 7.56. The quantitative estimate of drug-likeness (QED) is 0.492. The molecule has 0 bridgehead atoms. The Bertz CT molecular complexity index is 262. The van der Waals surface area contributed by atoms with E-state index in [9.17, 15) is 4.79 Å². The third-order valence-electron chi connectivity index (χ3n) is 0.938. The number of amidine groups is 1. The van der Waals surface area contributed by atoms with Crippen LogP contribution in [0.3, 0.4) is 0 Å². The lowest BCUT2D eigenvalue weighted by molar-refractivity contribution is 0.566. The van der Waals surface area contributed by atoms with Crippen molar-refractivity contribution in [3.63, 3.8) is 0 Å². The Morgan fingerprint density at radius 1 is 1.60 bits per heavy atom. The Hall–Kier alpha value is -1.06. The van der Waals surface area contributed by atoms with Gasteiger partial charge < -0.3 is 5.73 Å². The first kappa shape index (κ1) is 7.05. The lowest BCUT2D eigenvalue weighted by Crippen LogP contribution is -2.17. The molecule has 4 nitrogen and oxygen atoms in total. The average molecular weight is 155 g/mol. The van der Waals surface area contributed by atoms with E-state index in [4.69, 9.17) is 5.73 Å². The number of nitrogens with two attached hydrogens (primary N) is 1. The fourth-order valence-electron chi connectivity index (χ4n) is 0.536. The molecule has 0 spiro atoms. The Morgan fingerprint density at radius 3 is 2.60 bits per heavy atom. The van der Waals surface area contributed by atoms with Gasteiger partial charge in [-0.3, -0.25) is 0 Å². The molecule has 0 saturated heterocycles. The van der Waals surface area contributed by atoms with Crippen LogP contribution < -0.4 is 5.73 Å². The van der Waals surface area contributed by atoms with Gasteiger partial charge in [0.2, 0.25) is 5.82 Å². The second kappa shape index (κ2) is 2.68. The normalized spacial score (nSPS) is 16.3. The molecule has 10 heavy (non-hydrogen) atoms. The Kier molecular flexibility index (Phi) is 1.89. The highest BCUT2D eigenvalue weighted by Crippen LogP contribution is 2.10. The van der Waals surface area contributed by atoms with Crippen LogP contribution in [0.5, 0.6) is 0 Å². The maximum absolute atomic E-state index is 9.97. The summed E-state index contributed by atoms with van der Waals surface area (Å²) in [7, 11) is 0. The minimum absolute atomic E-state index is 0.0295. The lowest BCUT2D eigenvalue weighted by atomic mass is 10.7. The number of carbonyl (C=O) groups excluding carboxylic acids is 1. The average Bonchev–Trinajstić information content (AvgIpc) is 2.30. The van der Waals surface area contributed by atoms with Crippen LogP contribution in [0.25, 0.3) is 0 Å². The van der Waals surface area contributed by atoms with Crippen molar-refractivity contribution >= 4 is 28.6 Å². The standard InChI is InChI=1S/C5H5N3OS/c1-10-5-4(6)7-3(2-9)8-5/h1H3,(H2,6,7). The van der Waals surface area contributed by atoms with E-state index < -0.39 is 0 Å². The van der Waals surface area contributed by atoms with Crippen LogP contribution in [0.1, 0.15) is 0 Å². The van der Waals surface area contributed by atoms with E-state index in [2.05, 4.69) is 9.98 Å². The first-order valence-electron chi connectivity index (χ1n) is 2.50. The molecule has 0 saturated carbocycles. The van der Waals surface area contributed by atoms with Gasteiger partial charge in [-0.25, -0.2) is 9.79 Å². The number of nitrogens with zero attached hydrogens (tertiary/aromatic N) is 2. The van der Waals surface area contributed by atoms with Crippen molar-refractivity contribution in [3.8, 4) is 0 Å². The Morgan fingerprint density at radius 2 is 2.30 bits per heavy atom. The second-order valence-electron chi connectivity index (χ2n) is 1.54. The summed E-state index contributed by atoms with van der Waals surface area (Å²) in [6.07, 6.45) is 1.81. The summed E-state index contributed by atoms with van der Waals surface area (Å²) in [4.78, 5) is 17.3. The third kappa shape index (κ3) is 1.10. The van der Waals surface area contributed by atoms with Crippen LogP contribution >= 0.6 is 11.8 Å². The third-order valence-corrected chi connectivity index (χ3v) is 1.62. The summed E-state index contributed by atoms with van der Waals surface area (Å²) in [5.74, 6) is 1.88. The van der Waals surface area contributed by atoms with Crippen molar-refractivity contribution < 1.29 is 4.79 Å². The highest BCUT2D eigenvalue weighted by Gasteiger charge is 2.12. The molecule has 0 aromatic rings. The molecule has 0 aromatic heterocycles. The van der Waals surface area contributed by atoms with Gasteiger partial charge in [-0.1, -0.05) is 0 Å². The van der Waals surface area contributed by atoms with Crippen LogP contribution in [0.4, 0.5) is 0 Å². The molecule has 1 heterocycles. The fraction of sp³-hybridized carbons (Fsp3) is 0.200. The monoisotopic (exact) mass is 155 g/mol. The summed E-state index contributed by atoms with van der Waals surface area (Å²) in [6.45, 7) is 0. The number of hydrogen-bond donors (Lipinski definition) is 1. The van der Waals surface area contributed by atoms with Crippen LogP contribution in [0.2, 0.25) is 0 Å². The SMILES string of the molecule is CSC1=NC(=C=O)N=C1N. The maximum atomic E-state index is 9.97. The molecule has 0 amide bonds.